The molecule has 1 heterocycles. The smallest absolute Gasteiger partial charge is 0.289 e. The maximum Gasteiger partial charge on any atom is 0.289 e. The average molecular weight is 518 g/mol. The molecule has 0 radical (unpaired) electrons. The van der Waals surface area contributed by atoms with Gasteiger partial charge in [0.1, 0.15) is 12.1 Å². The molecule has 0 aliphatic carbocycles. The third-order valence-electron chi connectivity index (χ3n) is 6.36. The summed E-state index contributed by atoms with van der Waals surface area (Å²) in [5, 5.41) is 5.85. The molecule has 37 heavy (non-hydrogen) atoms. The van der Waals surface area contributed by atoms with Crippen LogP contribution in [0.3, 0.4) is 0 Å². The van der Waals surface area contributed by atoms with E-state index >= 15 is 0 Å². The fourth-order valence-electron chi connectivity index (χ4n) is 4.37. The highest BCUT2D eigenvalue weighted by Gasteiger charge is 2.38. The molecule has 1 aliphatic rings. The van der Waals surface area contributed by atoms with Crippen LogP contribution in [-0.2, 0) is 38.7 Å². The minimum absolute atomic E-state index is 0.0816. The molecule has 3 amide bonds. The van der Waals surface area contributed by atoms with Crippen LogP contribution in [0.25, 0.3) is 0 Å². The summed E-state index contributed by atoms with van der Waals surface area (Å²) < 4.78 is 0. The Hall–Kier alpha value is -3.97. The molecule has 1 unspecified atom stereocenters. The number of benzene rings is 3. The number of nitrogens with one attached hydrogen (secondary N) is 2. The van der Waals surface area contributed by atoms with E-state index in [0.717, 1.165) is 11.1 Å². The fraction of sp³-hybridized carbons (Fsp3) is 0.241. The molecule has 8 heteroatoms. The van der Waals surface area contributed by atoms with Crippen LogP contribution >= 0.6 is 11.6 Å². The lowest BCUT2D eigenvalue weighted by molar-refractivity contribution is -0.141. The summed E-state index contributed by atoms with van der Waals surface area (Å²) >= 11 is 6.16. The second kappa shape index (κ2) is 12.3. The normalized spacial score (nSPS) is 15.8. The van der Waals surface area contributed by atoms with Gasteiger partial charge in [0.05, 0.1) is 0 Å². The van der Waals surface area contributed by atoms with Crippen LogP contribution in [0, 0.1) is 0 Å². The molecule has 4 rings (SSSR count). The van der Waals surface area contributed by atoms with Crippen molar-refractivity contribution in [2.75, 3.05) is 0 Å². The predicted molar refractivity (Wildman–Crippen MR) is 140 cm³/mol. The van der Waals surface area contributed by atoms with Gasteiger partial charge in [-0.1, -0.05) is 90.5 Å². The van der Waals surface area contributed by atoms with Crippen LogP contribution in [0.4, 0.5) is 0 Å². The van der Waals surface area contributed by atoms with E-state index in [1.165, 1.54) is 4.90 Å². The first-order valence-corrected chi connectivity index (χ1v) is 12.5. The Balaban J connectivity index is 1.47. The molecule has 0 spiro atoms. The molecule has 0 saturated carbocycles. The zero-order chi connectivity index (χ0) is 26.2. The molecule has 1 aliphatic heterocycles. The lowest BCUT2D eigenvalue weighted by Crippen LogP contribution is -2.53. The number of rotatable bonds is 10. The Morgan fingerprint density at radius 3 is 2.19 bits per heavy atom. The number of likely N-dealkylation sites (tertiary alicyclic amines) is 1. The first-order chi connectivity index (χ1) is 17.9. The average Bonchev–Trinajstić information content (AvgIpc) is 3.28. The lowest BCUT2D eigenvalue weighted by Gasteiger charge is -2.26. The zero-order valence-corrected chi connectivity index (χ0v) is 21.0. The van der Waals surface area contributed by atoms with E-state index in [-0.39, 0.29) is 25.3 Å². The summed E-state index contributed by atoms with van der Waals surface area (Å²) in [5.74, 6) is -2.14. The number of hydrogen-bond acceptors (Lipinski definition) is 4. The highest BCUT2D eigenvalue weighted by Crippen LogP contribution is 2.22. The number of carbonyl (C=O) groups is 4. The van der Waals surface area contributed by atoms with Crippen LogP contribution in [0.2, 0.25) is 5.02 Å². The van der Waals surface area contributed by atoms with Gasteiger partial charge in [0, 0.05) is 31.0 Å². The van der Waals surface area contributed by atoms with E-state index in [9.17, 15) is 19.2 Å². The van der Waals surface area contributed by atoms with Crippen molar-refractivity contribution >= 4 is 35.1 Å². The molecule has 190 valence electrons. The summed E-state index contributed by atoms with van der Waals surface area (Å²) in [6.45, 7) is 0.381. The molecule has 7 nitrogen and oxygen atoms in total. The second-order valence-corrected chi connectivity index (χ2v) is 9.36. The number of halogens is 1. The van der Waals surface area contributed by atoms with Crippen LogP contribution in [0.5, 0.6) is 0 Å². The minimum atomic E-state index is -1.09. The van der Waals surface area contributed by atoms with Crippen molar-refractivity contribution in [1.29, 1.82) is 0 Å². The number of nitrogens with zero attached hydrogens (tertiary/aromatic N) is 1. The van der Waals surface area contributed by atoms with Crippen molar-refractivity contribution < 1.29 is 19.2 Å². The van der Waals surface area contributed by atoms with E-state index in [1.54, 1.807) is 24.3 Å². The van der Waals surface area contributed by atoms with Crippen LogP contribution in [0.15, 0.2) is 84.9 Å². The standard InChI is InChI=1S/C29H28ClN3O4/c30-23-14-8-7-13-22(23)18-31-29(37)27(35)24(17-20-9-3-1-4-10-20)32-28(36)25-15-16-26(34)33(25)19-21-11-5-2-6-12-21/h1-14,24-25H,15-19H2,(H,31,37)(H,32,36)/t24?,25-/m0/s1. The Bertz CT molecular complexity index is 1270. The first-order valence-electron chi connectivity index (χ1n) is 12.2. The summed E-state index contributed by atoms with van der Waals surface area (Å²) in [6.07, 6.45) is 0.743. The summed E-state index contributed by atoms with van der Waals surface area (Å²) in [6, 6.07) is 23.8. The Morgan fingerprint density at radius 2 is 1.51 bits per heavy atom. The summed E-state index contributed by atoms with van der Waals surface area (Å²) in [4.78, 5) is 53.4. The number of ketones is 1. The predicted octanol–water partition coefficient (Wildman–Crippen LogP) is 3.44. The molecule has 0 aromatic heterocycles. The van der Waals surface area contributed by atoms with Crippen molar-refractivity contribution in [3.05, 3.63) is 107 Å². The van der Waals surface area contributed by atoms with Crippen molar-refractivity contribution in [2.45, 2.75) is 44.4 Å². The fourth-order valence-corrected chi connectivity index (χ4v) is 4.58. The molecule has 1 saturated heterocycles. The van der Waals surface area contributed by atoms with Gasteiger partial charge < -0.3 is 15.5 Å². The van der Waals surface area contributed by atoms with Crippen LogP contribution in [-0.4, -0.2) is 40.5 Å². The van der Waals surface area contributed by atoms with Crippen molar-refractivity contribution in [3.63, 3.8) is 0 Å². The minimum Gasteiger partial charge on any atom is -0.345 e. The second-order valence-electron chi connectivity index (χ2n) is 8.95. The quantitative estimate of drug-likeness (QED) is 0.403. The van der Waals surface area contributed by atoms with Gasteiger partial charge in [-0.3, -0.25) is 19.2 Å². The number of carbonyl (C=O) groups excluding carboxylic acids is 4. The molecule has 3 aromatic carbocycles. The van der Waals surface area contributed by atoms with Gasteiger partial charge in [0.15, 0.2) is 0 Å². The van der Waals surface area contributed by atoms with E-state index < -0.39 is 29.7 Å². The van der Waals surface area contributed by atoms with E-state index in [1.807, 2.05) is 60.7 Å². The SMILES string of the molecule is O=C(NCc1ccccc1Cl)C(=O)C(Cc1ccccc1)NC(=O)[C@@H]1CCC(=O)N1Cc1ccccc1. The molecule has 3 aromatic rings. The van der Waals surface area contributed by atoms with Crippen LogP contribution in [0.1, 0.15) is 29.5 Å². The van der Waals surface area contributed by atoms with Crippen molar-refractivity contribution in [3.8, 4) is 0 Å². The molecule has 0 bridgehead atoms. The highest BCUT2D eigenvalue weighted by atomic mass is 35.5. The first kappa shape index (κ1) is 26.1. The van der Waals surface area contributed by atoms with Crippen molar-refractivity contribution in [2.24, 2.45) is 0 Å². The number of hydrogen-bond donors (Lipinski definition) is 2. The third kappa shape index (κ3) is 6.83. The van der Waals surface area contributed by atoms with Crippen LogP contribution < -0.4 is 10.6 Å². The largest absolute Gasteiger partial charge is 0.345 e. The maximum absolute atomic E-state index is 13.3. The van der Waals surface area contributed by atoms with E-state index in [2.05, 4.69) is 10.6 Å². The molecular weight excluding hydrogens is 490 g/mol. The van der Waals surface area contributed by atoms with Gasteiger partial charge in [-0.15, -0.1) is 0 Å². The van der Waals surface area contributed by atoms with Gasteiger partial charge >= 0.3 is 0 Å². The molecule has 2 N–H and O–H groups in total. The lowest BCUT2D eigenvalue weighted by atomic mass is 10.0. The van der Waals surface area contributed by atoms with Gasteiger partial charge in [0.2, 0.25) is 17.6 Å². The van der Waals surface area contributed by atoms with E-state index in [4.69, 9.17) is 11.6 Å². The van der Waals surface area contributed by atoms with Gasteiger partial charge in [0.25, 0.3) is 5.91 Å². The molecular formula is C29H28ClN3O4. The Labute approximate surface area is 220 Å². The third-order valence-corrected chi connectivity index (χ3v) is 6.73. The number of Topliss-reactive ketones (excluding diaryl/α,β-unsaturated/α-hetero) is 1. The zero-order valence-electron chi connectivity index (χ0n) is 20.2. The topological polar surface area (TPSA) is 95.6 Å². The molecule has 2 atom stereocenters. The van der Waals surface area contributed by atoms with Gasteiger partial charge in [-0.2, -0.15) is 0 Å². The summed E-state index contributed by atoms with van der Waals surface area (Å²) in [7, 11) is 0. The maximum atomic E-state index is 13.3. The van der Waals surface area contributed by atoms with Gasteiger partial charge in [-0.25, -0.2) is 0 Å². The number of amides is 3. The Morgan fingerprint density at radius 1 is 0.892 bits per heavy atom. The van der Waals surface area contributed by atoms with Gasteiger partial charge in [-0.05, 0) is 29.2 Å². The monoisotopic (exact) mass is 517 g/mol. The van der Waals surface area contributed by atoms with E-state index in [0.29, 0.717) is 23.6 Å². The highest BCUT2D eigenvalue weighted by molar-refractivity contribution is 6.38. The van der Waals surface area contributed by atoms with Crippen molar-refractivity contribution in [1.82, 2.24) is 15.5 Å². The summed E-state index contributed by atoms with van der Waals surface area (Å²) in [5.41, 5.74) is 2.38. The Kier molecular flexibility index (Phi) is 8.69. The molecule has 1 fully saturated rings.